The maximum absolute atomic E-state index is 6.26. The van der Waals surface area contributed by atoms with Gasteiger partial charge in [-0.2, -0.15) is 0 Å². The summed E-state index contributed by atoms with van der Waals surface area (Å²) in [5.74, 6) is -0.518. The Kier molecular flexibility index (Phi) is 4.95. The van der Waals surface area contributed by atoms with Crippen molar-refractivity contribution in [3.8, 4) is 5.75 Å². The lowest BCUT2D eigenvalue weighted by Crippen LogP contribution is -2.44. The van der Waals surface area contributed by atoms with Crippen molar-refractivity contribution in [3.05, 3.63) is 29.8 Å². The Morgan fingerprint density at radius 3 is 2.33 bits per heavy atom. The Hall–Kier alpha value is -1.22. The van der Waals surface area contributed by atoms with Crippen LogP contribution in [-0.2, 0) is 35.0 Å². The summed E-state index contributed by atoms with van der Waals surface area (Å²) in [6.45, 7) is 8.42. The minimum Gasteiger partial charge on any atom is -0.497 e. The maximum atomic E-state index is 6.26. The smallest absolute Gasteiger partial charge is 0.190 e. The summed E-state index contributed by atoms with van der Waals surface area (Å²) in [7, 11) is 1.65. The molecular weight excluding hydrogens is 352 g/mol. The Bertz CT molecular complexity index is 657. The monoisotopic (exact) mass is 380 g/mol. The van der Waals surface area contributed by atoms with Gasteiger partial charge in [0.1, 0.15) is 30.2 Å². The molecule has 3 heterocycles. The lowest BCUT2D eigenvalue weighted by Gasteiger charge is -2.29. The van der Waals surface area contributed by atoms with Crippen LogP contribution in [0.15, 0.2) is 24.3 Å². The van der Waals surface area contributed by atoms with E-state index in [1.807, 2.05) is 52.0 Å². The summed E-state index contributed by atoms with van der Waals surface area (Å²) in [5.41, 5.74) is 1.04. The predicted octanol–water partition coefficient (Wildman–Crippen LogP) is 2.61. The van der Waals surface area contributed by atoms with E-state index in [0.29, 0.717) is 13.2 Å². The van der Waals surface area contributed by atoms with Crippen LogP contribution in [0.4, 0.5) is 0 Å². The minimum absolute atomic E-state index is 0.234. The van der Waals surface area contributed by atoms with Crippen molar-refractivity contribution in [2.45, 2.75) is 76.6 Å². The summed E-state index contributed by atoms with van der Waals surface area (Å²) in [6.07, 6.45) is -1.66. The van der Waals surface area contributed by atoms with Crippen molar-refractivity contribution in [2.75, 3.05) is 13.7 Å². The van der Waals surface area contributed by atoms with E-state index < -0.39 is 17.9 Å². The van der Waals surface area contributed by atoms with Crippen molar-refractivity contribution < 1.29 is 33.2 Å². The van der Waals surface area contributed by atoms with Gasteiger partial charge in [-0.25, -0.2) is 0 Å². The second-order valence-electron chi connectivity index (χ2n) is 8.06. The highest BCUT2D eigenvalue weighted by Gasteiger charge is 2.58. The topological polar surface area (TPSA) is 64.6 Å². The zero-order valence-corrected chi connectivity index (χ0v) is 16.5. The van der Waals surface area contributed by atoms with Gasteiger partial charge in [-0.1, -0.05) is 12.1 Å². The molecule has 27 heavy (non-hydrogen) atoms. The van der Waals surface area contributed by atoms with Crippen LogP contribution in [0.5, 0.6) is 5.75 Å². The molecule has 2 unspecified atom stereocenters. The molecule has 0 spiro atoms. The van der Waals surface area contributed by atoms with Crippen LogP contribution >= 0.6 is 0 Å². The van der Waals surface area contributed by atoms with Gasteiger partial charge in [-0.15, -0.1) is 0 Å². The SMILES string of the molecule is COc1ccc(COC2C3OC(C)(C)O[C@H]3O[C@@H]2[C@H]2COC(C)(C)O2)cc1. The van der Waals surface area contributed by atoms with Gasteiger partial charge in [0, 0.05) is 0 Å². The van der Waals surface area contributed by atoms with Gasteiger partial charge in [0.15, 0.2) is 17.9 Å². The van der Waals surface area contributed by atoms with Crippen LogP contribution in [-0.4, -0.2) is 56.0 Å². The number of ether oxygens (including phenoxy) is 7. The van der Waals surface area contributed by atoms with E-state index in [1.165, 1.54) is 0 Å². The molecule has 1 aromatic carbocycles. The largest absolute Gasteiger partial charge is 0.497 e. The van der Waals surface area contributed by atoms with Gasteiger partial charge < -0.3 is 33.2 Å². The molecule has 0 amide bonds. The normalized spacial score (nSPS) is 36.7. The molecule has 0 N–H and O–H groups in total. The fourth-order valence-electron chi connectivity index (χ4n) is 3.78. The van der Waals surface area contributed by atoms with Crippen LogP contribution in [0.25, 0.3) is 0 Å². The Labute approximate surface area is 159 Å². The number of benzene rings is 1. The summed E-state index contributed by atoms with van der Waals surface area (Å²) < 4.78 is 41.3. The summed E-state index contributed by atoms with van der Waals surface area (Å²) >= 11 is 0. The third kappa shape index (κ3) is 3.99. The molecule has 0 bridgehead atoms. The highest BCUT2D eigenvalue weighted by molar-refractivity contribution is 5.26. The first-order chi connectivity index (χ1) is 12.8. The molecule has 3 saturated heterocycles. The predicted molar refractivity (Wildman–Crippen MR) is 95.2 cm³/mol. The summed E-state index contributed by atoms with van der Waals surface area (Å²) in [6, 6.07) is 7.79. The molecule has 7 heteroatoms. The zero-order valence-electron chi connectivity index (χ0n) is 16.5. The zero-order chi connectivity index (χ0) is 19.2. The van der Waals surface area contributed by atoms with Gasteiger partial charge in [0.05, 0.1) is 20.3 Å². The van der Waals surface area contributed by atoms with Gasteiger partial charge in [0.2, 0.25) is 0 Å². The summed E-state index contributed by atoms with van der Waals surface area (Å²) in [4.78, 5) is 0. The van der Waals surface area contributed by atoms with Gasteiger partial charge >= 0.3 is 0 Å². The maximum Gasteiger partial charge on any atom is 0.190 e. The van der Waals surface area contributed by atoms with Crippen LogP contribution in [0.1, 0.15) is 33.3 Å². The number of fused-ring (bicyclic) bond motifs is 1. The number of methoxy groups -OCH3 is 1. The summed E-state index contributed by atoms with van der Waals surface area (Å²) in [5, 5.41) is 0. The second kappa shape index (κ2) is 6.99. The van der Waals surface area contributed by atoms with E-state index in [0.717, 1.165) is 11.3 Å². The molecule has 3 aliphatic rings. The van der Waals surface area contributed by atoms with E-state index in [9.17, 15) is 0 Å². The lowest BCUT2D eigenvalue weighted by atomic mass is 10.1. The van der Waals surface area contributed by atoms with Gasteiger partial charge in [-0.05, 0) is 45.4 Å². The van der Waals surface area contributed by atoms with Crippen molar-refractivity contribution in [1.82, 2.24) is 0 Å². The van der Waals surface area contributed by atoms with Gasteiger partial charge in [0.25, 0.3) is 0 Å². The van der Waals surface area contributed by atoms with Gasteiger partial charge in [-0.3, -0.25) is 0 Å². The molecule has 0 aromatic heterocycles. The van der Waals surface area contributed by atoms with Crippen LogP contribution in [0.2, 0.25) is 0 Å². The van der Waals surface area contributed by atoms with Crippen molar-refractivity contribution in [3.63, 3.8) is 0 Å². The van der Waals surface area contributed by atoms with Crippen molar-refractivity contribution in [1.29, 1.82) is 0 Å². The molecule has 5 atom stereocenters. The Morgan fingerprint density at radius 1 is 0.963 bits per heavy atom. The first-order valence-electron chi connectivity index (χ1n) is 9.34. The third-order valence-electron chi connectivity index (χ3n) is 5.03. The van der Waals surface area contributed by atoms with E-state index in [1.54, 1.807) is 7.11 Å². The quantitative estimate of drug-likeness (QED) is 0.778. The van der Waals surface area contributed by atoms with Crippen molar-refractivity contribution in [2.24, 2.45) is 0 Å². The fourth-order valence-corrected chi connectivity index (χ4v) is 3.78. The number of hydrogen-bond acceptors (Lipinski definition) is 7. The Morgan fingerprint density at radius 2 is 1.70 bits per heavy atom. The molecule has 0 aliphatic carbocycles. The molecule has 3 fully saturated rings. The molecule has 7 nitrogen and oxygen atoms in total. The first-order valence-corrected chi connectivity index (χ1v) is 9.34. The first kappa shape index (κ1) is 19.1. The average Bonchev–Trinajstić information content (AvgIpc) is 3.22. The molecule has 0 saturated carbocycles. The number of rotatable bonds is 5. The third-order valence-corrected chi connectivity index (χ3v) is 5.03. The van der Waals surface area contributed by atoms with E-state index >= 15 is 0 Å². The average molecular weight is 380 g/mol. The highest BCUT2D eigenvalue weighted by Crippen LogP contribution is 2.42. The molecule has 4 rings (SSSR count). The van der Waals surface area contributed by atoms with Crippen LogP contribution in [0, 0.1) is 0 Å². The lowest BCUT2D eigenvalue weighted by molar-refractivity contribution is -0.236. The number of hydrogen-bond donors (Lipinski definition) is 0. The highest BCUT2D eigenvalue weighted by atomic mass is 16.8. The molecule has 0 radical (unpaired) electrons. The molecular formula is C20H28O7. The minimum atomic E-state index is -0.700. The Balaban J connectivity index is 1.48. The fraction of sp³-hybridized carbons (Fsp3) is 0.700. The van der Waals surface area contributed by atoms with E-state index in [4.69, 9.17) is 33.2 Å². The van der Waals surface area contributed by atoms with Crippen molar-refractivity contribution >= 4 is 0 Å². The molecule has 1 aromatic rings. The van der Waals surface area contributed by atoms with Crippen LogP contribution in [0.3, 0.4) is 0 Å². The molecule has 150 valence electrons. The molecule has 3 aliphatic heterocycles. The van der Waals surface area contributed by atoms with E-state index in [-0.39, 0.29) is 24.4 Å². The standard InChI is InChI=1S/C20H28O7/c1-19(2)23-11-14(25-19)15-16(17-18(24-15)27-20(3,4)26-17)22-10-12-6-8-13(21-5)9-7-12/h6-9,14-18H,10-11H2,1-5H3/t14-,15-,16?,17?,18-/m1/s1. The second-order valence-corrected chi connectivity index (χ2v) is 8.06. The van der Waals surface area contributed by atoms with E-state index in [2.05, 4.69) is 0 Å². The van der Waals surface area contributed by atoms with Crippen LogP contribution < -0.4 is 4.74 Å².